The molecule has 0 bridgehead atoms. The molecule has 0 aromatic rings. The average Bonchev–Trinajstić information content (AvgIpc) is 2.27. The van der Waals surface area contributed by atoms with Crippen molar-refractivity contribution in [3.05, 3.63) is 0 Å². The molecule has 0 saturated carbocycles. The van der Waals surface area contributed by atoms with Gasteiger partial charge in [-0.2, -0.15) is 0 Å². The van der Waals surface area contributed by atoms with E-state index in [4.69, 9.17) is 29.7 Å². The van der Waals surface area contributed by atoms with Crippen LogP contribution in [0.15, 0.2) is 0 Å². The van der Waals surface area contributed by atoms with Crippen molar-refractivity contribution >= 4 is 0 Å². The maximum atomic E-state index is 5.50. The molecule has 1 aliphatic rings. The fourth-order valence-electron chi connectivity index (χ4n) is 1.92. The van der Waals surface area contributed by atoms with E-state index in [9.17, 15) is 0 Å². The summed E-state index contributed by atoms with van der Waals surface area (Å²) in [6.45, 7) is 1.87. The van der Waals surface area contributed by atoms with Crippen LogP contribution in [0.2, 0.25) is 0 Å². The lowest BCUT2D eigenvalue weighted by molar-refractivity contribution is -0.306. The second kappa shape index (κ2) is 5.74. The molecule has 0 aromatic heterocycles. The summed E-state index contributed by atoms with van der Waals surface area (Å²) in [6.07, 6.45) is -1.67. The average molecular weight is 221 g/mol. The summed E-state index contributed by atoms with van der Waals surface area (Å²) in [5.74, 6) is 5.13. The van der Waals surface area contributed by atoms with E-state index in [-0.39, 0.29) is 18.3 Å². The number of rotatable bonds is 4. The molecule has 1 heterocycles. The lowest BCUT2D eigenvalue weighted by Gasteiger charge is -2.42. The second-order valence-corrected chi connectivity index (χ2v) is 3.45. The Hall–Kier alpha value is -0.240. The predicted octanol–water partition coefficient (Wildman–Crippen LogP) is -0.333. The fraction of sp³-hybridized carbons (Fsp3) is 1.00. The maximum Gasteiger partial charge on any atom is 0.206 e. The van der Waals surface area contributed by atoms with E-state index in [1.807, 2.05) is 6.92 Å². The summed E-state index contributed by atoms with van der Waals surface area (Å²) < 4.78 is 21.4. The van der Waals surface area contributed by atoms with Gasteiger partial charge >= 0.3 is 0 Å². The van der Waals surface area contributed by atoms with Crippen molar-refractivity contribution in [1.82, 2.24) is 0 Å². The predicted molar refractivity (Wildman–Crippen MR) is 52.0 cm³/mol. The summed E-state index contributed by atoms with van der Waals surface area (Å²) in [6, 6.07) is 0. The van der Waals surface area contributed by atoms with Gasteiger partial charge in [-0.1, -0.05) is 0 Å². The molecule has 2 N–H and O–H groups in total. The van der Waals surface area contributed by atoms with Gasteiger partial charge in [0.2, 0.25) is 6.29 Å². The van der Waals surface area contributed by atoms with Crippen molar-refractivity contribution < 1.29 is 23.8 Å². The van der Waals surface area contributed by atoms with Gasteiger partial charge in [0.1, 0.15) is 18.3 Å². The molecule has 0 aromatic carbocycles. The molecular formula is C9H19NO5. The third-order valence-electron chi connectivity index (χ3n) is 2.68. The van der Waals surface area contributed by atoms with E-state index >= 15 is 0 Å². The fourth-order valence-corrected chi connectivity index (χ4v) is 1.92. The molecule has 90 valence electrons. The Morgan fingerprint density at radius 1 is 0.933 bits per heavy atom. The zero-order chi connectivity index (χ0) is 11.4. The van der Waals surface area contributed by atoms with Crippen molar-refractivity contribution in [2.45, 2.75) is 37.6 Å². The second-order valence-electron chi connectivity index (χ2n) is 3.45. The van der Waals surface area contributed by atoms with Crippen LogP contribution in [0.25, 0.3) is 0 Å². The van der Waals surface area contributed by atoms with Crippen LogP contribution in [0.3, 0.4) is 0 Å². The topological polar surface area (TPSA) is 72.2 Å². The van der Waals surface area contributed by atoms with E-state index in [0.29, 0.717) is 0 Å². The number of hydrogen-bond donors (Lipinski definition) is 1. The van der Waals surface area contributed by atoms with Gasteiger partial charge in [-0.25, -0.2) is 5.90 Å². The zero-order valence-electron chi connectivity index (χ0n) is 9.51. The SMILES string of the molecule is CO[C@@H]1[C@@H](OC)[C@H](C)O[C@@H](ON)[C@@H]1OC. The summed E-state index contributed by atoms with van der Waals surface area (Å²) in [5.41, 5.74) is 0. The van der Waals surface area contributed by atoms with Gasteiger partial charge in [0, 0.05) is 21.3 Å². The monoisotopic (exact) mass is 221 g/mol. The molecule has 0 aliphatic carbocycles. The molecule has 0 amide bonds. The minimum absolute atomic E-state index is 0.167. The van der Waals surface area contributed by atoms with Gasteiger partial charge in [0.15, 0.2) is 0 Å². The minimum Gasteiger partial charge on any atom is -0.376 e. The molecule has 0 spiro atoms. The molecule has 5 atom stereocenters. The zero-order valence-corrected chi connectivity index (χ0v) is 9.51. The Balaban J connectivity index is 2.80. The Bertz CT molecular complexity index is 191. The molecule has 1 fully saturated rings. The number of hydrogen-bond acceptors (Lipinski definition) is 6. The molecule has 6 nitrogen and oxygen atoms in total. The molecule has 0 radical (unpaired) electrons. The highest BCUT2D eigenvalue weighted by atomic mass is 16.8. The van der Waals surface area contributed by atoms with Crippen LogP contribution in [-0.4, -0.2) is 52.0 Å². The van der Waals surface area contributed by atoms with Crippen molar-refractivity contribution in [2.75, 3.05) is 21.3 Å². The quantitative estimate of drug-likeness (QED) is 0.655. The van der Waals surface area contributed by atoms with Gasteiger partial charge in [-0.15, -0.1) is 0 Å². The van der Waals surface area contributed by atoms with Crippen molar-refractivity contribution in [3.63, 3.8) is 0 Å². The van der Waals surface area contributed by atoms with E-state index in [2.05, 4.69) is 0 Å². The molecule has 15 heavy (non-hydrogen) atoms. The van der Waals surface area contributed by atoms with Gasteiger partial charge in [-0.05, 0) is 6.92 Å². The Kier molecular flexibility index (Phi) is 4.91. The van der Waals surface area contributed by atoms with Crippen LogP contribution in [-0.2, 0) is 23.8 Å². The van der Waals surface area contributed by atoms with Crippen LogP contribution < -0.4 is 5.90 Å². The molecular weight excluding hydrogens is 202 g/mol. The van der Waals surface area contributed by atoms with Crippen LogP contribution >= 0.6 is 0 Å². The number of methoxy groups -OCH3 is 3. The van der Waals surface area contributed by atoms with Crippen molar-refractivity contribution in [2.24, 2.45) is 5.90 Å². The third kappa shape index (κ3) is 2.47. The molecule has 6 heteroatoms. The first-order valence-corrected chi connectivity index (χ1v) is 4.79. The molecule has 0 unspecified atom stereocenters. The highest BCUT2D eigenvalue weighted by Gasteiger charge is 2.45. The lowest BCUT2D eigenvalue weighted by Crippen LogP contribution is -2.59. The lowest BCUT2D eigenvalue weighted by atomic mass is 9.99. The smallest absolute Gasteiger partial charge is 0.206 e. The Labute approximate surface area is 89.5 Å². The van der Waals surface area contributed by atoms with Gasteiger partial charge < -0.3 is 18.9 Å². The van der Waals surface area contributed by atoms with E-state index in [0.717, 1.165) is 0 Å². The first-order chi connectivity index (χ1) is 7.19. The van der Waals surface area contributed by atoms with Gasteiger partial charge in [0.25, 0.3) is 0 Å². The van der Waals surface area contributed by atoms with Gasteiger partial charge in [0.05, 0.1) is 6.10 Å². The summed E-state index contributed by atoms with van der Waals surface area (Å²) in [7, 11) is 4.75. The highest BCUT2D eigenvalue weighted by molar-refractivity contribution is 4.90. The first-order valence-electron chi connectivity index (χ1n) is 4.79. The van der Waals surface area contributed by atoms with E-state index in [1.54, 1.807) is 21.3 Å². The van der Waals surface area contributed by atoms with E-state index in [1.165, 1.54) is 0 Å². The van der Waals surface area contributed by atoms with Gasteiger partial charge in [-0.3, -0.25) is 4.84 Å². The Morgan fingerprint density at radius 2 is 1.47 bits per heavy atom. The molecule has 1 rings (SSSR count). The minimum atomic E-state index is -0.638. The summed E-state index contributed by atoms with van der Waals surface area (Å²) in [4.78, 5) is 4.71. The Morgan fingerprint density at radius 3 is 1.87 bits per heavy atom. The summed E-state index contributed by atoms with van der Waals surface area (Å²) >= 11 is 0. The summed E-state index contributed by atoms with van der Waals surface area (Å²) in [5, 5.41) is 0. The van der Waals surface area contributed by atoms with Crippen LogP contribution in [0, 0.1) is 0 Å². The molecule has 1 aliphatic heterocycles. The number of nitrogens with two attached hydrogens (primary N) is 1. The largest absolute Gasteiger partial charge is 0.376 e. The highest BCUT2D eigenvalue weighted by Crippen LogP contribution is 2.26. The van der Waals surface area contributed by atoms with Crippen LogP contribution in [0.5, 0.6) is 0 Å². The normalized spacial score (nSPS) is 41.8. The number of ether oxygens (including phenoxy) is 4. The van der Waals surface area contributed by atoms with Crippen LogP contribution in [0.4, 0.5) is 0 Å². The third-order valence-corrected chi connectivity index (χ3v) is 2.68. The van der Waals surface area contributed by atoms with Crippen molar-refractivity contribution in [3.8, 4) is 0 Å². The standard InChI is InChI=1S/C9H19NO5/c1-5-6(11-2)7(12-3)8(13-4)9(14-5)15-10/h5-9H,10H2,1-4H3/t5-,6-,7+,8+,9-/m0/s1. The maximum absolute atomic E-state index is 5.50. The van der Waals surface area contributed by atoms with Crippen molar-refractivity contribution in [1.29, 1.82) is 0 Å². The van der Waals surface area contributed by atoms with Crippen LogP contribution in [0.1, 0.15) is 6.92 Å². The first kappa shape index (κ1) is 12.8. The van der Waals surface area contributed by atoms with E-state index < -0.39 is 12.4 Å². The molecule has 1 saturated heterocycles.